The molecule has 1 unspecified atom stereocenters. The van der Waals surface area contributed by atoms with E-state index in [0.717, 1.165) is 17.0 Å². The number of hydrogen-bond donors (Lipinski definition) is 1. The van der Waals surface area contributed by atoms with Crippen LogP contribution in [-0.4, -0.2) is 13.2 Å². The molecule has 0 heterocycles. The Labute approximate surface area is 130 Å². The quantitative estimate of drug-likeness (QED) is 0.720. The minimum atomic E-state index is 0.504. The summed E-state index contributed by atoms with van der Waals surface area (Å²) in [7, 11) is 1.72. The van der Waals surface area contributed by atoms with Crippen molar-refractivity contribution in [2.75, 3.05) is 7.11 Å². The lowest BCUT2D eigenvalue weighted by molar-refractivity contribution is 0.411. The smallest absolute Gasteiger partial charge is 0.122 e. The predicted molar refractivity (Wildman–Crippen MR) is 92.8 cm³/mol. The first-order chi connectivity index (χ1) is 9.88. The molecule has 1 aromatic carbocycles. The summed E-state index contributed by atoms with van der Waals surface area (Å²) in [6.45, 7) is 15.2. The van der Waals surface area contributed by atoms with Crippen molar-refractivity contribution in [3.63, 3.8) is 0 Å². The third-order valence-corrected chi connectivity index (χ3v) is 3.84. The molecule has 2 heteroatoms. The van der Waals surface area contributed by atoms with Crippen molar-refractivity contribution in [2.45, 2.75) is 59.9 Å². The van der Waals surface area contributed by atoms with Gasteiger partial charge in [0.1, 0.15) is 5.75 Å². The Hall–Kier alpha value is -1.44. The standard InChI is InChI=1S/C19H31NO/c1-8-9-17(10-13(2)3)20-16(6)18-11-15(5)19(21-7)12-14(18)4/h11-13,17,20H,6,8-10H2,1-5,7H3. The second kappa shape index (κ2) is 8.11. The van der Waals surface area contributed by atoms with Gasteiger partial charge in [-0.3, -0.25) is 0 Å². The van der Waals surface area contributed by atoms with Gasteiger partial charge in [-0.25, -0.2) is 0 Å². The van der Waals surface area contributed by atoms with E-state index in [9.17, 15) is 0 Å². The zero-order valence-corrected chi connectivity index (χ0v) is 14.5. The predicted octanol–water partition coefficient (Wildman–Crippen LogP) is 5.09. The van der Waals surface area contributed by atoms with Gasteiger partial charge in [-0.2, -0.15) is 0 Å². The van der Waals surface area contributed by atoms with Crippen LogP contribution in [0, 0.1) is 19.8 Å². The minimum Gasteiger partial charge on any atom is -0.496 e. The Morgan fingerprint density at radius 2 is 1.90 bits per heavy atom. The van der Waals surface area contributed by atoms with Crippen molar-refractivity contribution in [3.05, 3.63) is 35.4 Å². The van der Waals surface area contributed by atoms with Crippen LogP contribution in [0.25, 0.3) is 5.70 Å². The monoisotopic (exact) mass is 289 g/mol. The summed E-state index contributed by atoms with van der Waals surface area (Å²) >= 11 is 0. The maximum Gasteiger partial charge on any atom is 0.122 e. The Morgan fingerprint density at radius 3 is 2.43 bits per heavy atom. The molecule has 0 aliphatic rings. The summed E-state index contributed by atoms with van der Waals surface area (Å²) in [6, 6.07) is 4.76. The van der Waals surface area contributed by atoms with Crippen molar-refractivity contribution in [1.82, 2.24) is 5.32 Å². The molecule has 0 bridgehead atoms. The molecular weight excluding hydrogens is 258 g/mol. The lowest BCUT2D eigenvalue weighted by Crippen LogP contribution is -2.29. The molecule has 1 rings (SSSR count). The number of methoxy groups -OCH3 is 1. The highest BCUT2D eigenvalue weighted by Gasteiger charge is 2.13. The summed E-state index contributed by atoms with van der Waals surface area (Å²) in [4.78, 5) is 0. The van der Waals surface area contributed by atoms with Crippen molar-refractivity contribution >= 4 is 5.70 Å². The van der Waals surface area contributed by atoms with E-state index >= 15 is 0 Å². The number of aryl methyl sites for hydroxylation is 2. The molecule has 0 radical (unpaired) electrons. The van der Waals surface area contributed by atoms with Crippen molar-refractivity contribution < 1.29 is 4.74 Å². The molecule has 0 aromatic heterocycles. The van der Waals surface area contributed by atoms with Gasteiger partial charge in [-0.1, -0.05) is 33.8 Å². The highest BCUT2D eigenvalue weighted by molar-refractivity contribution is 5.67. The first-order valence-corrected chi connectivity index (χ1v) is 8.00. The number of nitrogens with one attached hydrogen (secondary N) is 1. The molecule has 1 N–H and O–H groups in total. The third-order valence-electron chi connectivity index (χ3n) is 3.84. The summed E-state index contributed by atoms with van der Waals surface area (Å²) in [5.41, 5.74) is 4.57. The van der Waals surface area contributed by atoms with E-state index in [1.807, 2.05) is 0 Å². The van der Waals surface area contributed by atoms with Gasteiger partial charge in [0.25, 0.3) is 0 Å². The van der Waals surface area contributed by atoms with E-state index in [1.165, 1.54) is 30.4 Å². The summed E-state index contributed by atoms with van der Waals surface area (Å²) in [6.07, 6.45) is 3.56. The van der Waals surface area contributed by atoms with Crippen molar-refractivity contribution in [2.24, 2.45) is 5.92 Å². The van der Waals surface area contributed by atoms with E-state index in [2.05, 4.69) is 58.6 Å². The van der Waals surface area contributed by atoms with Gasteiger partial charge in [-0.15, -0.1) is 0 Å². The van der Waals surface area contributed by atoms with Crippen LogP contribution in [0.1, 0.15) is 56.7 Å². The molecule has 0 aliphatic carbocycles. The zero-order valence-electron chi connectivity index (χ0n) is 14.5. The van der Waals surface area contributed by atoms with Gasteiger partial charge in [-0.05, 0) is 55.9 Å². The SMILES string of the molecule is C=C(NC(CCC)CC(C)C)c1cc(C)c(OC)cc1C. The fraction of sp³-hybridized carbons (Fsp3) is 0.579. The molecule has 1 aromatic rings. The van der Waals surface area contributed by atoms with E-state index in [-0.39, 0.29) is 0 Å². The van der Waals surface area contributed by atoms with Crippen LogP contribution < -0.4 is 10.1 Å². The molecule has 0 spiro atoms. The third kappa shape index (κ3) is 5.11. The van der Waals surface area contributed by atoms with E-state index in [1.54, 1.807) is 7.11 Å². The van der Waals surface area contributed by atoms with Crippen LogP contribution in [0.15, 0.2) is 18.7 Å². The highest BCUT2D eigenvalue weighted by Crippen LogP contribution is 2.26. The maximum absolute atomic E-state index is 5.38. The molecule has 2 nitrogen and oxygen atoms in total. The largest absolute Gasteiger partial charge is 0.496 e. The zero-order chi connectivity index (χ0) is 16.0. The van der Waals surface area contributed by atoms with E-state index in [4.69, 9.17) is 4.74 Å². The molecule has 0 saturated carbocycles. The number of hydrogen-bond acceptors (Lipinski definition) is 2. The van der Waals surface area contributed by atoms with Crippen LogP contribution in [0.4, 0.5) is 0 Å². The van der Waals surface area contributed by atoms with Crippen molar-refractivity contribution in [3.8, 4) is 5.75 Å². The average Bonchev–Trinajstić information content (AvgIpc) is 2.40. The second-order valence-corrected chi connectivity index (χ2v) is 6.37. The normalized spacial score (nSPS) is 12.3. The lowest BCUT2D eigenvalue weighted by atomic mass is 9.97. The van der Waals surface area contributed by atoms with Crippen LogP contribution in [-0.2, 0) is 0 Å². The Balaban J connectivity index is 2.89. The maximum atomic E-state index is 5.38. The fourth-order valence-corrected chi connectivity index (χ4v) is 2.83. The second-order valence-electron chi connectivity index (χ2n) is 6.37. The summed E-state index contributed by atoms with van der Waals surface area (Å²) in [5.74, 6) is 1.64. The van der Waals surface area contributed by atoms with Crippen LogP contribution in [0.2, 0.25) is 0 Å². The van der Waals surface area contributed by atoms with Gasteiger partial charge < -0.3 is 10.1 Å². The Kier molecular flexibility index (Phi) is 6.80. The Morgan fingerprint density at radius 1 is 1.24 bits per heavy atom. The fourth-order valence-electron chi connectivity index (χ4n) is 2.83. The molecule has 0 saturated heterocycles. The number of benzene rings is 1. The van der Waals surface area contributed by atoms with E-state index in [0.29, 0.717) is 12.0 Å². The molecule has 21 heavy (non-hydrogen) atoms. The molecule has 1 atom stereocenters. The van der Waals surface area contributed by atoms with Crippen molar-refractivity contribution in [1.29, 1.82) is 0 Å². The van der Waals surface area contributed by atoms with Gasteiger partial charge in [0.2, 0.25) is 0 Å². The summed E-state index contributed by atoms with van der Waals surface area (Å²) < 4.78 is 5.38. The van der Waals surface area contributed by atoms with Gasteiger partial charge >= 0.3 is 0 Å². The Bertz CT molecular complexity index is 477. The van der Waals surface area contributed by atoms with Crippen LogP contribution in [0.5, 0.6) is 5.75 Å². The van der Waals surface area contributed by atoms with E-state index < -0.39 is 0 Å². The number of ether oxygens (including phenoxy) is 1. The molecule has 118 valence electrons. The lowest BCUT2D eigenvalue weighted by Gasteiger charge is -2.24. The minimum absolute atomic E-state index is 0.504. The highest BCUT2D eigenvalue weighted by atomic mass is 16.5. The molecule has 0 amide bonds. The van der Waals surface area contributed by atoms with Gasteiger partial charge in [0.15, 0.2) is 0 Å². The first-order valence-electron chi connectivity index (χ1n) is 8.00. The molecule has 0 fully saturated rings. The summed E-state index contributed by atoms with van der Waals surface area (Å²) in [5, 5.41) is 3.64. The van der Waals surface area contributed by atoms with Crippen LogP contribution >= 0.6 is 0 Å². The van der Waals surface area contributed by atoms with Gasteiger partial charge in [0.05, 0.1) is 7.11 Å². The van der Waals surface area contributed by atoms with Crippen LogP contribution in [0.3, 0.4) is 0 Å². The van der Waals surface area contributed by atoms with Gasteiger partial charge in [0, 0.05) is 17.3 Å². The average molecular weight is 289 g/mol. The molecular formula is C19H31NO. The number of rotatable bonds is 8. The topological polar surface area (TPSA) is 21.3 Å². The molecule has 0 aliphatic heterocycles. The first kappa shape index (κ1) is 17.6.